The Bertz CT molecular complexity index is 1520. The smallest absolute Gasteiger partial charge is 0.457 e. The highest BCUT2D eigenvalue weighted by atomic mass is 19.4. The van der Waals surface area contributed by atoms with E-state index in [0.29, 0.717) is 28.1 Å². The van der Waals surface area contributed by atoms with Crippen molar-refractivity contribution in [2.24, 2.45) is 0 Å². The number of aliphatic hydroxyl groups excluding tert-OH is 1. The number of halogens is 4. The predicted octanol–water partition coefficient (Wildman–Crippen LogP) is 7.43. The van der Waals surface area contributed by atoms with Crippen LogP contribution >= 0.6 is 0 Å². The molecule has 1 aromatic heterocycles. The number of benzene rings is 3. The van der Waals surface area contributed by atoms with Crippen LogP contribution in [0.2, 0.25) is 0 Å². The molecule has 0 atom stereocenters. The van der Waals surface area contributed by atoms with E-state index in [4.69, 9.17) is 18.9 Å². The summed E-state index contributed by atoms with van der Waals surface area (Å²) in [7, 11) is 0. The Labute approximate surface area is 232 Å². The number of aryl methyl sites for hydroxylation is 1. The van der Waals surface area contributed by atoms with E-state index < -0.39 is 37.8 Å². The van der Waals surface area contributed by atoms with Crippen molar-refractivity contribution in [2.45, 2.75) is 39.8 Å². The Balaban J connectivity index is 1.63. The molecule has 0 radical (unpaired) electrons. The van der Waals surface area contributed by atoms with Gasteiger partial charge in [-0.05, 0) is 74.9 Å². The van der Waals surface area contributed by atoms with Crippen molar-refractivity contribution in [1.82, 2.24) is 4.98 Å². The van der Waals surface area contributed by atoms with E-state index >= 15 is 0 Å². The maximum Gasteiger partial charge on any atom is 0.573 e. The SMILES string of the molecule is Cc1nc2cc(CO)c(F)cc2c(OCOC(=O)OC(C)C)c1-c1ccc(Oc2ccc(OC(F)(F)F)cc2)cc1. The molecule has 41 heavy (non-hydrogen) atoms. The molecule has 4 rings (SSSR count). The average Bonchev–Trinajstić information content (AvgIpc) is 2.89. The molecule has 0 spiro atoms. The largest absolute Gasteiger partial charge is 0.573 e. The van der Waals surface area contributed by atoms with Crippen LogP contribution in [0.3, 0.4) is 0 Å². The minimum atomic E-state index is -4.80. The lowest BCUT2D eigenvalue weighted by atomic mass is 9.99. The fraction of sp³-hybridized carbons (Fsp3) is 0.241. The minimum Gasteiger partial charge on any atom is -0.457 e. The summed E-state index contributed by atoms with van der Waals surface area (Å²) in [5, 5.41) is 9.76. The van der Waals surface area contributed by atoms with E-state index in [0.717, 1.165) is 12.1 Å². The average molecular weight is 576 g/mol. The van der Waals surface area contributed by atoms with Crippen LogP contribution in [-0.2, 0) is 16.1 Å². The van der Waals surface area contributed by atoms with Gasteiger partial charge in [0.2, 0.25) is 6.79 Å². The predicted molar refractivity (Wildman–Crippen MR) is 139 cm³/mol. The van der Waals surface area contributed by atoms with Crippen LogP contribution in [0.15, 0.2) is 60.7 Å². The molecule has 0 unspecified atom stereocenters. The van der Waals surface area contributed by atoms with Gasteiger partial charge in [-0.2, -0.15) is 0 Å². The summed E-state index contributed by atoms with van der Waals surface area (Å²) >= 11 is 0. The van der Waals surface area contributed by atoms with E-state index in [-0.39, 0.29) is 28.2 Å². The van der Waals surface area contributed by atoms with Gasteiger partial charge in [0.05, 0.1) is 18.2 Å². The van der Waals surface area contributed by atoms with Crippen molar-refractivity contribution in [2.75, 3.05) is 6.79 Å². The van der Waals surface area contributed by atoms with Gasteiger partial charge in [-0.3, -0.25) is 4.98 Å². The standard InChI is InChI=1S/C29H25F4NO7/c1-16(2)39-28(36)38-15-37-27-23-13-24(30)19(14-35)12-25(23)34-17(3)26(27)18-4-6-20(7-5-18)40-21-8-10-22(11-9-21)41-29(31,32)33/h4-13,16,35H,14-15H2,1-3H3. The normalized spacial score (nSPS) is 11.4. The number of nitrogens with zero attached hydrogens (tertiary/aromatic N) is 1. The molecule has 216 valence electrons. The van der Waals surface area contributed by atoms with E-state index in [9.17, 15) is 27.5 Å². The molecule has 1 N–H and O–H groups in total. The van der Waals surface area contributed by atoms with Crippen molar-refractivity contribution in [3.63, 3.8) is 0 Å². The number of fused-ring (bicyclic) bond motifs is 1. The molecule has 0 aliphatic heterocycles. The van der Waals surface area contributed by atoms with Gasteiger partial charge in [0.25, 0.3) is 0 Å². The highest BCUT2D eigenvalue weighted by molar-refractivity contribution is 5.94. The molecule has 0 saturated heterocycles. The number of carbonyl (C=O) groups excluding carboxylic acids is 1. The number of alkyl halides is 3. The van der Waals surface area contributed by atoms with Crippen molar-refractivity contribution >= 4 is 17.1 Å². The van der Waals surface area contributed by atoms with E-state index in [2.05, 4.69) is 9.72 Å². The van der Waals surface area contributed by atoms with Gasteiger partial charge in [-0.25, -0.2) is 9.18 Å². The Hall–Kier alpha value is -4.58. The summed E-state index contributed by atoms with van der Waals surface area (Å²) in [6.45, 7) is 3.98. The number of rotatable bonds is 9. The Morgan fingerprint density at radius 2 is 1.59 bits per heavy atom. The third kappa shape index (κ3) is 7.54. The summed E-state index contributed by atoms with van der Waals surface area (Å²) in [6.07, 6.45) is -6.14. The van der Waals surface area contributed by atoms with Crippen LogP contribution in [0.25, 0.3) is 22.0 Å². The van der Waals surface area contributed by atoms with Crippen molar-refractivity contribution < 1.29 is 51.1 Å². The third-order valence-electron chi connectivity index (χ3n) is 5.60. The Kier molecular flexibility index (Phi) is 8.82. The quantitative estimate of drug-likeness (QED) is 0.125. The van der Waals surface area contributed by atoms with Gasteiger partial charge < -0.3 is 28.8 Å². The van der Waals surface area contributed by atoms with Crippen LogP contribution in [0.5, 0.6) is 23.0 Å². The van der Waals surface area contributed by atoms with E-state index in [1.165, 1.54) is 24.3 Å². The molecule has 0 bridgehead atoms. The second kappa shape index (κ2) is 12.3. The third-order valence-corrected chi connectivity index (χ3v) is 5.60. The maximum atomic E-state index is 14.7. The molecule has 0 fully saturated rings. The van der Waals surface area contributed by atoms with Crippen LogP contribution in [0, 0.1) is 12.7 Å². The zero-order valence-corrected chi connectivity index (χ0v) is 22.1. The van der Waals surface area contributed by atoms with Gasteiger partial charge in [0.1, 0.15) is 28.8 Å². The molecule has 12 heteroatoms. The first-order valence-corrected chi connectivity index (χ1v) is 12.3. The van der Waals surface area contributed by atoms with Gasteiger partial charge >= 0.3 is 12.5 Å². The molecule has 0 aliphatic rings. The van der Waals surface area contributed by atoms with Crippen LogP contribution in [-0.4, -0.2) is 35.5 Å². The van der Waals surface area contributed by atoms with E-state index in [1.807, 2.05) is 0 Å². The first-order chi connectivity index (χ1) is 19.4. The highest BCUT2D eigenvalue weighted by Gasteiger charge is 2.31. The molecule has 8 nitrogen and oxygen atoms in total. The van der Waals surface area contributed by atoms with Gasteiger partial charge in [-0.15, -0.1) is 13.2 Å². The molecular formula is C29H25F4NO7. The number of aromatic nitrogens is 1. The van der Waals surface area contributed by atoms with Crippen molar-refractivity contribution in [3.05, 3.63) is 77.7 Å². The summed E-state index contributed by atoms with van der Waals surface area (Å²) in [4.78, 5) is 16.4. The number of aliphatic hydroxyl groups is 1. The molecule has 1 heterocycles. The van der Waals surface area contributed by atoms with Gasteiger partial charge in [0.15, 0.2) is 0 Å². The topological polar surface area (TPSA) is 96.3 Å². The Morgan fingerprint density at radius 1 is 0.976 bits per heavy atom. The summed E-state index contributed by atoms with van der Waals surface area (Å²) in [5.74, 6) is -0.207. The highest BCUT2D eigenvalue weighted by Crippen LogP contribution is 2.40. The molecule has 0 amide bonds. The van der Waals surface area contributed by atoms with Crippen molar-refractivity contribution in [1.29, 1.82) is 0 Å². The molecular weight excluding hydrogens is 550 g/mol. The van der Waals surface area contributed by atoms with E-state index in [1.54, 1.807) is 45.0 Å². The molecule has 0 aliphatic carbocycles. The minimum absolute atomic E-state index is 0.0550. The lowest BCUT2D eigenvalue weighted by Gasteiger charge is -2.18. The van der Waals surface area contributed by atoms with Gasteiger partial charge in [-0.1, -0.05) is 12.1 Å². The van der Waals surface area contributed by atoms with Crippen LogP contribution < -0.4 is 14.2 Å². The second-order valence-electron chi connectivity index (χ2n) is 8.99. The molecule has 4 aromatic rings. The van der Waals surface area contributed by atoms with Crippen LogP contribution in [0.1, 0.15) is 25.1 Å². The zero-order valence-electron chi connectivity index (χ0n) is 22.1. The van der Waals surface area contributed by atoms with Crippen LogP contribution in [0.4, 0.5) is 22.4 Å². The fourth-order valence-electron chi connectivity index (χ4n) is 3.92. The maximum absolute atomic E-state index is 14.7. The molecule has 3 aromatic carbocycles. The lowest BCUT2D eigenvalue weighted by Crippen LogP contribution is -2.16. The molecule has 0 saturated carbocycles. The lowest BCUT2D eigenvalue weighted by molar-refractivity contribution is -0.274. The second-order valence-corrected chi connectivity index (χ2v) is 8.99. The number of ether oxygens (including phenoxy) is 5. The monoisotopic (exact) mass is 575 g/mol. The van der Waals surface area contributed by atoms with Crippen molar-refractivity contribution in [3.8, 4) is 34.1 Å². The number of hydrogen-bond acceptors (Lipinski definition) is 8. The first-order valence-electron chi connectivity index (χ1n) is 12.3. The zero-order chi connectivity index (χ0) is 29.7. The number of pyridine rings is 1. The summed E-state index contributed by atoms with van der Waals surface area (Å²) < 4.78 is 77.2. The number of carbonyl (C=O) groups is 1. The first kappa shape index (κ1) is 29.4. The summed E-state index contributed by atoms with van der Waals surface area (Å²) in [6, 6.07) is 14.1. The Morgan fingerprint density at radius 3 is 2.17 bits per heavy atom. The number of hydrogen-bond donors (Lipinski definition) is 1. The fourth-order valence-corrected chi connectivity index (χ4v) is 3.92. The van der Waals surface area contributed by atoms with Gasteiger partial charge in [0, 0.05) is 22.2 Å². The summed E-state index contributed by atoms with van der Waals surface area (Å²) in [5.41, 5.74) is 2.00.